The summed E-state index contributed by atoms with van der Waals surface area (Å²) in [6.07, 6.45) is 5.28. The zero-order chi connectivity index (χ0) is 55.1. The topological polar surface area (TPSA) is 217 Å². The predicted molar refractivity (Wildman–Crippen MR) is 296 cm³/mol. The van der Waals surface area contributed by atoms with Crippen LogP contribution in [0.3, 0.4) is 0 Å². The van der Waals surface area contributed by atoms with Gasteiger partial charge in [0, 0.05) is 85.8 Å². The number of Topliss-reactive ketones (excluding diaryl/α,β-unsaturated/α-hetero) is 1. The average molecular weight is 1080 g/mol. The molecule has 3 amide bonds. The molecule has 19 heteroatoms. The molecule has 2 unspecified atom stereocenters. The maximum atomic E-state index is 14.0. The third-order valence-electron chi connectivity index (χ3n) is 14.2. The van der Waals surface area contributed by atoms with E-state index in [2.05, 4.69) is 56.4 Å². The summed E-state index contributed by atoms with van der Waals surface area (Å²) in [4.78, 5) is 64.7. The molecule has 18 nitrogen and oxygen atoms in total. The van der Waals surface area contributed by atoms with E-state index in [1.165, 1.54) is 21.6 Å². The number of aromatic nitrogens is 3. The first-order valence-corrected chi connectivity index (χ1v) is 27.3. The molecule has 416 valence electrons. The number of allylic oxidation sites excluding steroid dienone is 6. The molecule has 3 aliphatic heterocycles. The van der Waals surface area contributed by atoms with Crippen LogP contribution < -0.4 is 10.6 Å². The van der Waals surface area contributed by atoms with Crippen molar-refractivity contribution < 1.29 is 48.0 Å². The third-order valence-corrected chi connectivity index (χ3v) is 14.5. The van der Waals surface area contributed by atoms with Crippen LogP contribution in [0.2, 0.25) is 5.02 Å². The molecule has 7 rings (SSSR count). The number of rotatable bonds is 29. The summed E-state index contributed by atoms with van der Waals surface area (Å²) in [5.74, 6) is 0.259. The van der Waals surface area contributed by atoms with Crippen molar-refractivity contribution in [1.82, 2.24) is 30.3 Å². The fraction of sp³-hybridized carbons (Fsp3) is 0.552. The van der Waals surface area contributed by atoms with E-state index in [0.29, 0.717) is 70.1 Å². The van der Waals surface area contributed by atoms with Crippen LogP contribution in [0, 0.1) is 12.3 Å². The van der Waals surface area contributed by atoms with Gasteiger partial charge >= 0.3 is 0 Å². The molecular weight excluding hydrogens is 1000 g/mol. The third kappa shape index (κ3) is 16.2. The maximum absolute atomic E-state index is 14.0. The zero-order valence-corrected chi connectivity index (χ0v) is 46.6. The number of unbranched alkanes of at least 4 members (excludes halogenated alkanes) is 1. The number of amides is 3. The fourth-order valence-corrected chi connectivity index (χ4v) is 10.1. The molecule has 4 aliphatic rings. The van der Waals surface area contributed by atoms with Gasteiger partial charge in [-0.2, -0.15) is 0 Å². The number of halogens is 1. The second-order valence-electron chi connectivity index (χ2n) is 21.1. The van der Waals surface area contributed by atoms with Crippen LogP contribution >= 0.6 is 11.6 Å². The minimum Gasteiger partial charge on any atom is -0.391 e. The minimum atomic E-state index is -0.935. The molecule has 0 saturated carbocycles. The van der Waals surface area contributed by atoms with Gasteiger partial charge in [-0.3, -0.25) is 33.7 Å². The number of hydrogen-bond acceptors (Lipinski definition) is 14. The van der Waals surface area contributed by atoms with Gasteiger partial charge in [-0.25, -0.2) is 0 Å². The van der Waals surface area contributed by atoms with E-state index >= 15 is 0 Å². The highest BCUT2D eigenvalue weighted by Gasteiger charge is 2.44. The monoisotopic (exact) mass is 1080 g/mol. The summed E-state index contributed by atoms with van der Waals surface area (Å²) < 4.78 is 30.3. The van der Waals surface area contributed by atoms with Crippen LogP contribution in [0.15, 0.2) is 80.9 Å². The summed E-state index contributed by atoms with van der Waals surface area (Å²) >= 11 is 6.24. The Morgan fingerprint density at radius 2 is 1.44 bits per heavy atom. The molecule has 1 aliphatic carbocycles. The number of ether oxygens (including phenoxy) is 5. The molecule has 3 N–H and O–H groups in total. The summed E-state index contributed by atoms with van der Waals surface area (Å²) in [6, 6.07) is 13.5. The molecule has 2 aromatic carbocycles. The Hall–Kier alpha value is -5.73. The van der Waals surface area contributed by atoms with Gasteiger partial charge in [-0.1, -0.05) is 74.3 Å². The lowest BCUT2D eigenvalue weighted by Crippen LogP contribution is -2.57. The highest BCUT2D eigenvalue weighted by molar-refractivity contribution is 6.31. The predicted octanol–water partition coefficient (Wildman–Crippen LogP) is 7.00. The highest BCUT2D eigenvalue weighted by Crippen LogP contribution is 2.42. The van der Waals surface area contributed by atoms with Crippen molar-refractivity contribution in [2.45, 2.75) is 124 Å². The Morgan fingerprint density at radius 3 is 2.09 bits per heavy atom. The van der Waals surface area contributed by atoms with Gasteiger partial charge < -0.3 is 44.3 Å². The lowest BCUT2D eigenvalue weighted by atomic mass is 9.85. The minimum absolute atomic E-state index is 0.0247. The zero-order valence-electron chi connectivity index (χ0n) is 45.8. The molecular formula is C58H77ClN8O10. The Balaban J connectivity index is 0.693. The Bertz CT molecular complexity index is 2710. The Kier molecular flexibility index (Phi) is 21.6. The summed E-state index contributed by atoms with van der Waals surface area (Å²) in [7, 11) is 0. The first kappa shape index (κ1) is 58.9. The Morgan fingerprint density at radius 1 is 0.805 bits per heavy atom. The van der Waals surface area contributed by atoms with Gasteiger partial charge in [0.05, 0.1) is 70.5 Å². The molecule has 1 saturated heterocycles. The second-order valence-corrected chi connectivity index (χ2v) is 21.6. The number of nitrogens with zero attached hydrogens (tertiary/aromatic N) is 6. The normalized spacial score (nSPS) is 18.7. The number of likely N-dealkylation sites (tertiary alicyclic amines) is 1. The quantitative estimate of drug-likeness (QED) is 0.0599. The van der Waals surface area contributed by atoms with Gasteiger partial charge in [0.15, 0.2) is 11.6 Å². The lowest BCUT2D eigenvalue weighted by molar-refractivity contribution is -0.144. The molecule has 4 heterocycles. The molecule has 3 aromatic rings. The first-order chi connectivity index (χ1) is 37.0. The summed E-state index contributed by atoms with van der Waals surface area (Å²) in [5.41, 5.74) is 9.96. The van der Waals surface area contributed by atoms with E-state index in [1.54, 1.807) is 0 Å². The number of carbonyl (C=O) groups excluding carboxylic acids is 4. The second kappa shape index (κ2) is 28.2. The number of fused-ring (bicyclic) bond motifs is 2. The van der Waals surface area contributed by atoms with Crippen LogP contribution in [0.25, 0.3) is 11.3 Å². The van der Waals surface area contributed by atoms with E-state index in [0.717, 1.165) is 70.9 Å². The summed E-state index contributed by atoms with van der Waals surface area (Å²) in [5, 5.41) is 25.9. The van der Waals surface area contributed by atoms with Crippen molar-refractivity contribution in [3.63, 3.8) is 0 Å². The Labute approximate surface area is 457 Å². The standard InChI is InChI=1S/C58H77ClN8O10/c1-37-32-49-53(38(37)2)54(43-15-17-44(59)18-16-43)62-47(56-65-64-40(4)67(49)56)34-51(70)61-22-25-75-28-26-73-23-8-9-24-74-27-29-76-30-31-77-36-52(71)63-55(58(5,6)7)57(72)66-35-45(68)33-48(66)50(69)19-12-41-10-13-42(14-11-41)46-20-21-60-39(46)3/h10-11,13-18,21,45,47-48,55,68H,8-9,12,19-20,22-36H2,1-7H3,(H,61,70)(H,63,71)/t45-,47?,48+,55?/m1/s1. The van der Waals surface area contributed by atoms with E-state index in [9.17, 15) is 24.3 Å². The van der Waals surface area contributed by atoms with E-state index in [-0.39, 0.29) is 57.3 Å². The molecule has 0 spiro atoms. The molecule has 1 aromatic heterocycles. The van der Waals surface area contributed by atoms with Crippen LogP contribution in [0.5, 0.6) is 0 Å². The van der Waals surface area contributed by atoms with Gasteiger partial charge in [0.2, 0.25) is 17.7 Å². The number of aliphatic hydroxyl groups excluding tert-OH is 1. The van der Waals surface area contributed by atoms with Crippen LogP contribution in [0.1, 0.15) is 121 Å². The van der Waals surface area contributed by atoms with Crippen molar-refractivity contribution in [3.8, 4) is 0 Å². The largest absolute Gasteiger partial charge is 0.391 e. The van der Waals surface area contributed by atoms with Crippen molar-refractivity contribution >= 4 is 58.3 Å². The first-order valence-electron chi connectivity index (χ1n) is 26.9. The van der Waals surface area contributed by atoms with Crippen molar-refractivity contribution in [3.05, 3.63) is 104 Å². The SMILES string of the molecule is CC1=C(C)C2=C(C1)n1c(C)nnc1C(CC(=O)NCCOCCOCCCCOCCOCCOCC(=O)NC(C(=O)N1C[C@H](O)C[C@H]1C(=O)CCc1ccc(C3=C(C)N=CC3)cc1)C(C)(C)C)N=C2c1ccc(Cl)cc1. The van der Waals surface area contributed by atoms with Crippen molar-refractivity contribution in [1.29, 1.82) is 0 Å². The van der Waals surface area contributed by atoms with Crippen LogP contribution in [-0.2, 0) is 49.3 Å². The fourth-order valence-electron chi connectivity index (χ4n) is 9.93. The average Bonchev–Trinajstić information content (AvgIpc) is 4.24. The molecule has 77 heavy (non-hydrogen) atoms. The van der Waals surface area contributed by atoms with Gasteiger partial charge in [-0.05, 0) is 86.8 Å². The van der Waals surface area contributed by atoms with E-state index in [4.69, 9.17) is 40.3 Å². The number of aliphatic imine (C=N–C) groups is 2. The number of β-amino-alcohol motifs (C(OH)–C–C–N with tert-alkyl or cyclic N) is 1. The number of hydrogen-bond donors (Lipinski definition) is 3. The van der Waals surface area contributed by atoms with Crippen molar-refractivity contribution in [2.24, 2.45) is 15.4 Å². The van der Waals surface area contributed by atoms with Gasteiger partial charge in [-0.15, -0.1) is 10.2 Å². The number of aliphatic hydroxyl groups is 1. The molecule has 4 atom stereocenters. The van der Waals surface area contributed by atoms with Crippen LogP contribution in [-0.4, -0.2) is 158 Å². The highest BCUT2D eigenvalue weighted by atomic mass is 35.5. The number of aryl methyl sites for hydroxylation is 2. The smallest absolute Gasteiger partial charge is 0.246 e. The molecule has 0 radical (unpaired) electrons. The maximum Gasteiger partial charge on any atom is 0.246 e. The van der Waals surface area contributed by atoms with Crippen LogP contribution in [0.4, 0.5) is 0 Å². The lowest BCUT2D eigenvalue weighted by Gasteiger charge is -2.35. The number of benzene rings is 2. The van der Waals surface area contributed by atoms with E-state index in [1.807, 2.05) is 77.2 Å². The van der Waals surface area contributed by atoms with Crippen molar-refractivity contribution in [2.75, 3.05) is 79.2 Å². The molecule has 1 fully saturated rings. The summed E-state index contributed by atoms with van der Waals surface area (Å²) in [6.45, 7) is 17.3. The number of ketones is 1. The van der Waals surface area contributed by atoms with E-state index < -0.39 is 41.5 Å². The number of carbonyl (C=O) groups is 4. The van der Waals surface area contributed by atoms with Gasteiger partial charge in [0.25, 0.3) is 0 Å². The van der Waals surface area contributed by atoms with Gasteiger partial charge in [0.1, 0.15) is 24.5 Å². The number of nitrogens with one attached hydrogen (secondary N) is 2. The molecule has 0 bridgehead atoms.